The second-order valence-corrected chi connectivity index (χ2v) is 12.1. The van der Waals surface area contributed by atoms with E-state index in [1.165, 1.54) is 0 Å². The van der Waals surface area contributed by atoms with Gasteiger partial charge in [0.05, 0.1) is 11.2 Å². The first-order chi connectivity index (χ1) is 16.6. The summed E-state index contributed by atoms with van der Waals surface area (Å²) >= 11 is 0. The van der Waals surface area contributed by atoms with Crippen molar-refractivity contribution < 1.29 is 23.6 Å². The Balaban J connectivity index is 1.50. The Morgan fingerprint density at radius 2 is 1.75 bits per heavy atom. The zero-order valence-corrected chi connectivity index (χ0v) is 23.2. The van der Waals surface area contributed by atoms with E-state index in [0.29, 0.717) is 25.6 Å². The summed E-state index contributed by atoms with van der Waals surface area (Å²) in [5, 5.41) is 6.03. The molecule has 0 unspecified atom stereocenters. The molecule has 0 radical (unpaired) electrons. The Bertz CT molecular complexity index is 916. The molecule has 2 aliphatic heterocycles. The summed E-state index contributed by atoms with van der Waals surface area (Å²) in [6, 6.07) is -0.627. The number of hydrogen-bond acceptors (Lipinski definition) is 8. The Morgan fingerprint density at radius 1 is 1.17 bits per heavy atom. The Morgan fingerprint density at radius 3 is 2.28 bits per heavy atom. The second-order valence-electron chi connectivity index (χ2n) is 12.1. The first kappa shape index (κ1) is 28.2. The van der Waals surface area contributed by atoms with Gasteiger partial charge in [-0.15, -0.1) is 0 Å². The van der Waals surface area contributed by atoms with E-state index < -0.39 is 36.1 Å². The van der Waals surface area contributed by atoms with Crippen molar-refractivity contribution in [2.45, 2.75) is 91.6 Å². The van der Waals surface area contributed by atoms with Crippen LogP contribution in [0.4, 0.5) is 10.7 Å². The van der Waals surface area contributed by atoms with Gasteiger partial charge in [0.15, 0.2) is 0 Å². The average molecular weight is 503 g/mol. The van der Waals surface area contributed by atoms with Crippen molar-refractivity contribution in [2.75, 3.05) is 25.0 Å². The van der Waals surface area contributed by atoms with Crippen LogP contribution in [0.5, 0.6) is 0 Å². The average Bonchev–Trinajstić information content (AvgIpc) is 3.30. The molecule has 1 aromatic rings. The Hall–Kier alpha value is -2.40. The highest BCUT2D eigenvalue weighted by Gasteiger charge is 2.52. The smallest absolute Gasteiger partial charge is 0.444 e. The van der Waals surface area contributed by atoms with Crippen molar-refractivity contribution in [3.63, 3.8) is 0 Å². The van der Waals surface area contributed by atoms with Gasteiger partial charge in [0.2, 0.25) is 11.9 Å². The molecule has 0 aliphatic carbocycles. The molecule has 2 aliphatic rings. The van der Waals surface area contributed by atoms with Crippen molar-refractivity contribution in [3.05, 3.63) is 12.4 Å². The molecule has 0 aromatic carbocycles. The summed E-state index contributed by atoms with van der Waals surface area (Å²) in [6.45, 7) is 19.2. The van der Waals surface area contributed by atoms with E-state index in [2.05, 4.69) is 20.6 Å². The largest absolute Gasteiger partial charge is 0.498 e. The molecule has 2 fully saturated rings. The van der Waals surface area contributed by atoms with Crippen LogP contribution < -0.4 is 16.1 Å². The van der Waals surface area contributed by atoms with Crippen LogP contribution in [-0.2, 0) is 18.8 Å². The van der Waals surface area contributed by atoms with Gasteiger partial charge in [0.25, 0.3) is 0 Å². The fourth-order valence-electron chi connectivity index (χ4n) is 4.11. The molecule has 2 saturated heterocycles. The molecule has 10 nitrogen and oxygen atoms in total. The van der Waals surface area contributed by atoms with E-state index in [9.17, 15) is 9.59 Å². The minimum absolute atomic E-state index is 0.0573. The molecule has 36 heavy (non-hydrogen) atoms. The summed E-state index contributed by atoms with van der Waals surface area (Å²) in [4.78, 5) is 36.1. The van der Waals surface area contributed by atoms with Crippen LogP contribution in [0.2, 0.25) is 0 Å². The Labute approximate surface area is 215 Å². The van der Waals surface area contributed by atoms with E-state index in [0.717, 1.165) is 11.9 Å². The Kier molecular flexibility index (Phi) is 8.25. The fourth-order valence-corrected chi connectivity index (χ4v) is 4.11. The molecule has 0 spiro atoms. The number of amides is 2. The van der Waals surface area contributed by atoms with Crippen LogP contribution in [0.15, 0.2) is 12.4 Å². The molecule has 3 heterocycles. The van der Waals surface area contributed by atoms with Gasteiger partial charge in [-0.2, -0.15) is 0 Å². The highest BCUT2D eigenvalue weighted by molar-refractivity contribution is 6.61. The van der Waals surface area contributed by atoms with Gasteiger partial charge in [0, 0.05) is 37.5 Å². The first-order valence-electron chi connectivity index (χ1n) is 12.8. The molecule has 1 aromatic heterocycles. The first-order valence-corrected chi connectivity index (χ1v) is 12.8. The molecule has 2 atom stereocenters. The molecular weight excluding hydrogens is 461 g/mol. The van der Waals surface area contributed by atoms with E-state index >= 15 is 0 Å². The SMILES string of the molecule is CC(C)[C@@H](NC(=O)OC(C)(C)C)C(=O)N1CC[C@@H](CNc2ncc(B3OC(C)(C)C(C)(C)O3)cn2)C1. The van der Waals surface area contributed by atoms with Gasteiger partial charge in [-0.3, -0.25) is 4.79 Å². The van der Waals surface area contributed by atoms with Crippen molar-refractivity contribution in [1.82, 2.24) is 20.2 Å². The number of alkyl carbamates (subject to hydrolysis) is 1. The van der Waals surface area contributed by atoms with Gasteiger partial charge in [0.1, 0.15) is 11.6 Å². The van der Waals surface area contributed by atoms with Crippen LogP contribution in [0.1, 0.15) is 68.7 Å². The number of hydrogen-bond donors (Lipinski definition) is 2. The standard InChI is InChI=1S/C25H42BN5O5/c1-16(2)19(30-22(33)34-23(3,4)5)20(32)31-11-10-17(15-31)12-27-21-28-13-18(14-29-21)26-35-24(6,7)25(8,9)36-26/h13-14,16-17,19H,10-12,15H2,1-9H3,(H,30,33)(H,27,28,29)/t17-,19+/m0/s1. The molecule has 11 heteroatoms. The maximum atomic E-state index is 13.1. The molecule has 0 saturated carbocycles. The number of ether oxygens (including phenoxy) is 1. The van der Waals surface area contributed by atoms with Gasteiger partial charge < -0.3 is 29.6 Å². The summed E-state index contributed by atoms with van der Waals surface area (Å²) in [6.07, 6.45) is 3.73. The highest BCUT2D eigenvalue weighted by Crippen LogP contribution is 2.36. The number of rotatable bonds is 7. The molecule has 2 N–H and O–H groups in total. The normalized spacial score (nSPS) is 22.0. The number of aromatic nitrogens is 2. The minimum Gasteiger partial charge on any atom is -0.444 e. The lowest BCUT2D eigenvalue weighted by molar-refractivity contribution is -0.133. The molecule has 200 valence electrons. The van der Waals surface area contributed by atoms with Crippen LogP contribution in [-0.4, -0.2) is 76.5 Å². The monoisotopic (exact) mass is 503 g/mol. The van der Waals surface area contributed by atoms with E-state index in [-0.39, 0.29) is 17.7 Å². The van der Waals surface area contributed by atoms with Crippen molar-refractivity contribution >= 4 is 30.5 Å². The van der Waals surface area contributed by atoms with Gasteiger partial charge >= 0.3 is 13.2 Å². The topological polar surface area (TPSA) is 115 Å². The maximum absolute atomic E-state index is 13.1. The number of anilines is 1. The zero-order chi connectivity index (χ0) is 26.9. The maximum Gasteiger partial charge on any atom is 0.498 e. The number of likely N-dealkylation sites (tertiary alicyclic amines) is 1. The zero-order valence-electron chi connectivity index (χ0n) is 23.2. The van der Waals surface area contributed by atoms with Crippen molar-refractivity contribution in [3.8, 4) is 0 Å². The summed E-state index contributed by atoms with van der Waals surface area (Å²) in [5.74, 6) is 0.640. The predicted molar refractivity (Wildman–Crippen MR) is 139 cm³/mol. The number of carbonyl (C=O) groups excluding carboxylic acids is 2. The van der Waals surface area contributed by atoms with E-state index in [4.69, 9.17) is 14.0 Å². The molecule has 2 amide bonds. The molecular formula is C25H42BN5O5. The lowest BCUT2D eigenvalue weighted by Gasteiger charge is -2.32. The summed E-state index contributed by atoms with van der Waals surface area (Å²) in [5.41, 5.74) is -0.688. The van der Waals surface area contributed by atoms with Crippen molar-refractivity contribution in [1.29, 1.82) is 0 Å². The quantitative estimate of drug-likeness (QED) is 0.546. The lowest BCUT2D eigenvalue weighted by atomic mass is 9.81. The van der Waals surface area contributed by atoms with Crippen molar-refractivity contribution in [2.24, 2.45) is 11.8 Å². The van der Waals surface area contributed by atoms with E-state index in [1.54, 1.807) is 33.2 Å². The van der Waals surface area contributed by atoms with E-state index in [1.807, 2.05) is 46.4 Å². The minimum atomic E-state index is -0.627. The summed E-state index contributed by atoms with van der Waals surface area (Å²) < 4.78 is 17.5. The van der Waals surface area contributed by atoms with Crippen LogP contribution in [0.3, 0.4) is 0 Å². The number of carbonyl (C=O) groups is 2. The van der Waals surface area contributed by atoms with Gasteiger partial charge in [-0.25, -0.2) is 14.8 Å². The molecule has 0 bridgehead atoms. The van der Waals surface area contributed by atoms with Gasteiger partial charge in [-0.05, 0) is 66.7 Å². The molecule has 3 rings (SSSR count). The van der Waals surface area contributed by atoms with Gasteiger partial charge in [-0.1, -0.05) is 13.8 Å². The highest BCUT2D eigenvalue weighted by atomic mass is 16.7. The van der Waals surface area contributed by atoms with Crippen LogP contribution in [0.25, 0.3) is 0 Å². The number of nitrogens with zero attached hydrogens (tertiary/aromatic N) is 3. The lowest BCUT2D eigenvalue weighted by Crippen LogP contribution is -2.51. The third-order valence-corrected chi connectivity index (χ3v) is 6.95. The summed E-state index contributed by atoms with van der Waals surface area (Å²) in [7, 11) is -0.498. The second kappa shape index (κ2) is 10.5. The fraction of sp³-hybridized carbons (Fsp3) is 0.760. The third kappa shape index (κ3) is 6.88. The van der Waals surface area contributed by atoms with Crippen LogP contribution in [0, 0.1) is 11.8 Å². The van der Waals surface area contributed by atoms with Crippen LogP contribution >= 0.6 is 0 Å². The third-order valence-electron chi connectivity index (χ3n) is 6.95. The number of nitrogens with one attached hydrogen (secondary N) is 2. The predicted octanol–water partition coefficient (Wildman–Crippen LogP) is 2.59.